The minimum Gasteiger partial charge on any atom is -0.350 e. The van der Waals surface area contributed by atoms with Crippen LogP contribution in [0.25, 0.3) is 0 Å². The third kappa shape index (κ3) is 4.92. The summed E-state index contributed by atoms with van der Waals surface area (Å²) in [6.45, 7) is 0.964. The number of carbonyl (C=O) groups is 1. The van der Waals surface area contributed by atoms with Gasteiger partial charge in [-0.2, -0.15) is 0 Å². The predicted octanol–water partition coefficient (Wildman–Crippen LogP) is 2.02. The molecule has 3 aromatic rings. The van der Waals surface area contributed by atoms with Gasteiger partial charge >= 0.3 is 0 Å². The van der Waals surface area contributed by atoms with Gasteiger partial charge in [-0.1, -0.05) is 18.2 Å². The summed E-state index contributed by atoms with van der Waals surface area (Å²) in [5.41, 5.74) is 2.78. The van der Waals surface area contributed by atoms with E-state index >= 15 is 0 Å². The second-order valence-corrected chi connectivity index (χ2v) is 5.54. The molecule has 0 aliphatic heterocycles. The molecule has 1 atom stereocenters. The molecule has 1 unspecified atom stereocenters. The SMILES string of the molecule is O=C(NCc1cccnc1)C(NCc1cccnc1)c1cccnc1. The van der Waals surface area contributed by atoms with Crippen molar-refractivity contribution in [3.05, 3.63) is 90.3 Å². The van der Waals surface area contributed by atoms with Gasteiger partial charge in [0.25, 0.3) is 0 Å². The van der Waals surface area contributed by atoms with Gasteiger partial charge in [-0.3, -0.25) is 25.1 Å². The predicted molar refractivity (Wildman–Crippen MR) is 94.1 cm³/mol. The van der Waals surface area contributed by atoms with Crippen LogP contribution >= 0.6 is 0 Å². The van der Waals surface area contributed by atoms with Gasteiger partial charge in [-0.25, -0.2) is 0 Å². The first-order valence-corrected chi connectivity index (χ1v) is 8.02. The highest BCUT2D eigenvalue weighted by Crippen LogP contribution is 2.13. The number of nitrogens with one attached hydrogen (secondary N) is 2. The molecule has 0 fully saturated rings. The molecule has 126 valence electrons. The van der Waals surface area contributed by atoms with Gasteiger partial charge in [0.05, 0.1) is 0 Å². The topological polar surface area (TPSA) is 79.8 Å². The zero-order valence-corrected chi connectivity index (χ0v) is 13.7. The van der Waals surface area contributed by atoms with Crippen LogP contribution in [0, 0.1) is 0 Å². The second kappa shape index (κ2) is 8.65. The maximum absolute atomic E-state index is 12.7. The molecule has 0 spiro atoms. The van der Waals surface area contributed by atoms with Crippen molar-refractivity contribution in [2.75, 3.05) is 0 Å². The molecule has 0 aromatic carbocycles. The Balaban J connectivity index is 1.68. The zero-order valence-electron chi connectivity index (χ0n) is 13.7. The Morgan fingerprint density at radius 3 is 2.00 bits per heavy atom. The van der Waals surface area contributed by atoms with Crippen molar-refractivity contribution in [3.63, 3.8) is 0 Å². The number of carbonyl (C=O) groups excluding carboxylic acids is 1. The molecule has 6 heteroatoms. The van der Waals surface area contributed by atoms with Crippen LogP contribution in [0.15, 0.2) is 73.6 Å². The summed E-state index contributed by atoms with van der Waals surface area (Å²) < 4.78 is 0. The Bertz CT molecular complexity index is 781. The van der Waals surface area contributed by atoms with Crippen LogP contribution < -0.4 is 10.6 Å². The summed E-state index contributed by atoms with van der Waals surface area (Å²) in [6, 6.07) is 10.8. The summed E-state index contributed by atoms with van der Waals surface area (Å²) in [5, 5.41) is 6.23. The van der Waals surface area contributed by atoms with E-state index in [9.17, 15) is 4.79 Å². The maximum Gasteiger partial charge on any atom is 0.242 e. The third-order valence-electron chi connectivity index (χ3n) is 3.70. The first kappa shape index (κ1) is 16.7. The highest BCUT2D eigenvalue weighted by atomic mass is 16.2. The lowest BCUT2D eigenvalue weighted by molar-refractivity contribution is -0.123. The average molecular weight is 333 g/mol. The summed E-state index contributed by atoms with van der Waals surface area (Å²) in [5.74, 6) is -0.110. The summed E-state index contributed by atoms with van der Waals surface area (Å²) in [4.78, 5) is 25.0. The standard InChI is InChI=1S/C19H19N5O/c25-19(24-13-16-5-2-8-21-11-16)18(17-6-3-9-22-14-17)23-12-15-4-1-7-20-10-15/h1-11,14,18,23H,12-13H2,(H,24,25). The number of hydrogen-bond acceptors (Lipinski definition) is 5. The number of nitrogens with zero attached hydrogens (tertiary/aromatic N) is 3. The minimum absolute atomic E-state index is 0.110. The van der Waals surface area contributed by atoms with Crippen LogP contribution in [0.4, 0.5) is 0 Å². The van der Waals surface area contributed by atoms with Crippen molar-refractivity contribution in [2.24, 2.45) is 0 Å². The van der Waals surface area contributed by atoms with Crippen molar-refractivity contribution in [1.82, 2.24) is 25.6 Å². The first-order chi connectivity index (χ1) is 12.3. The Morgan fingerprint density at radius 2 is 1.44 bits per heavy atom. The van der Waals surface area contributed by atoms with E-state index < -0.39 is 6.04 Å². The number of hydrogen-bond donors (Lipinski definition) is 2. The van der Waals surface area contributed by atoms with Crippen LogP contribution in [0.5, 0.6) is 0 Å². The molecule has 1 amide bonds. The second-order valence-electron chi connectivity index (χ2n) is 5.54. The summed E-state index contributed by atoms with van der Waals surface area (Å²) in [7, 11) is 0. The minimum atomic E-state index is -0.495. The Hall–Kier alpha value is -3.12. The number of amides is 1. The fraction of sp³-hybridized carbons (Fsp3) is 0.158. The van der Waals surface area contributed by atoms with Crippen molar-refractivity contribution in [2.45, 2.75) is 19.1 Å². The molecular weight excluding hydrogens is 314 g/mol. The maximum atomic E-state index is 12.7. The van der Waals surface area contributed by atoms with Gasteiger partial charge < -0.3 is 5.32 Å². The van der Waals surface area contributed by atoms with Crippen molar-refractivity contribution >= 4 is 5.91 Å². The molecule has 25 heavy (non-hydrogen) atoms. The first-order valence-electron chi connectivity index (χ1n) is 8.02. The molecular formula is C19H19N5O. The summed E-state index contributed by atoms with van der Waals surface area (Å²) in [6.07, 6.45) is 10.3. The molecule has 0 saturated carbocycles. The van der Waals surface area contributed by atoms with Gasteiger partial charge in [0.2, 0.25) is 5.91 Å². The van der Waals surface area contributed by atoms with Gasteiger partial charge in [0.15, 0.2) is 0 Å². The average Bonchev–Trinajstić information content (AvgIpc) is 2.69. The monoisotopic (exact) mass is 333 g/mol. The van der Waals surface area contributed by atoms with Crippen LogP contribution in [0.1, 0.15) is 22.7 Å². The number of pyridine rings is 3. The van der Waals surface area contributed by atoms with Gasteiger partial charge in [0, 0.05) is 50.3 Å². The smallest absolute Gasteiger partial charge is 0.242 e. The van der Waals surface area contributed by atoms with E-state index in [4.69, 9.17) is 0 Å². The van der Waals surface area contributed by atoms with E-state index in [-0.39, 0.29) is 5.91 Å². The van der Waals surface area contributed by atoms with E-state index in [2.05, 4.69) is 25.6 Å². The highest BCUT2D eigenvalue weighted by molar-refractivity contribution is 5.83. The van der Waals surface area contributed by atoms with Crippen LogP contribution in [0.2, 0.25) is 0 Å². The van der Waals surface area contributed by atoms with E-state index in [0.29, 0.717) is 13.1 Å². The normalized spacial score (nSPS) is 11.7. The molecule has 2 N–H and O–H groups in total. The Morgan fingerprint density at radius 1 is 0.840 bits per heavy atom. The van der Waals surface area contributed by atoms with Crippen molar-refractivity contribution < 1.29 is 4.79 Å². The molecule has 6 nitrogen and oxygen atoms in total. The summed E-state index contributed by atoms with van der Waals surface area (Å²) >= 11 is 0. The molecule has 0 saturated heterocycles. The lowest BCUT2D eigenvalue weighted by Gasteiger charge is -2.18. The lowest BCUT2D eigenvalue weighted by Crippen LogP contribution is -2.37. The molecule has 0 aliphatic rings. The zero-order chi connectivity index (χ0) is 17.3. The van der Waals surface area contributed by atoms with E-state index in [1.807, 2.05) is 36.4 Å². The number of aromatic nitrogens is 3. The molecule has 0 bridgehead atoms. The lowest BCUT2D eigenvalue weighted by atomic mass is 10.1. The van der Waals surface area contributed by atoms with E-state index in [0.717, 1.165) is 16.7 Å². The third-order valence-corrected chi connectivity index (χ3v) is 3.70. The molecule has 0 radical (unpaired) electrons. The van der Waals surface area contributed by atoms with Crippen LogP contribution in [-0.2, 0) is 17.9 Å². The molecule has 3 rings (SSSR count). The molecule has 3 aromatic heterocycles. The van der Waals surface area contributed by atoms with Crippen LogP contribution in [-0.4, -0.2) is 20.9 Å². The largest absolute Gasteiger partial charge is 0.350 e. The van der Waals surface area contributed by atoms with Gasteiger partial charge in [-0.05, 0) is 34.9 Å². The van der Waals surface area contributed by atoms with Gasteiger partial charge in [0.1, 0.15) is 6.04 Å². The fourth-order valence-electron chi connectivity index (χ4n) is 2.43. The molecule has 0 aliphatic carbocycles. The fourth-order valence-corrected chi connectivity index (χ4v) is 2.43. The van der Waals surface area contributed by atoms with Crippen LogP contribution in [0.3, 0.4) is 0 Å². The van der Waals surface area contributed by atoms with Crippen molar-refractivity contribution in [3.8, 4) is 0 Å². The van der Waals surface area contributed by atoms with E-state index in [1.54, 1.807) is 37.2 Å². The van der Waals surface area contributed by atoms with E-state index in [1.165, 1.54) is 0 Å². The number of rotatable bonds is 7. The Kier molecular flexibility index (Phi) is 5.79. The van der Waals surface area contributed by atoms with Crippen molar-refractivity contribution in [1.29, 1.82) is 0 Å². The highest BCUT2D eigenvalue weighted by Gasteiger charge is 2.20. The quantitative estimate of drug-likeness (QED) is 0.691. The molecule has 3 heterocycles. The van der Waals surface area contributed by atoms with Gasteiger partial charge in [-0.15, -0.1) is 0 Å². The Labute approximate surface area is 146 Å².